The fraction of sp³-hybridized carbons (Fsp3) is 0.364. The maximum atomic E-state index is 5.46. The molecule has 0 aromatic heterocycles. The lowest BCUT2D eigenvalue weighted by Crippen LogP contribution is -2.33. The Morgan fingerprint density at radius 1 is 1.17 bits per heavy atom. The van der Waals surface area contributed by atoms with Crippen molar-refractivity contribution in [1.29, 1.82) is 0 Å². The zero-order valence-electron chi connectivity index (χ0n) is 10.4. The average Bonchev–Trinajstić information content (AvgIpc) is 2.91. The summed E-state index contributed by atoms with van der Waals surface area (Å²) in [5.41, 5.74) is 12.0. The van der Waals surface area contributed by atoms with Crippen molar-refractivity contribution in [3.63, 3.8) is 0 Å². The Kier molecular flexibility index (Phi) is 4.21. The quantitative estimate of drug-likeness (QED) is 0.593. The Balaban J connectivity index is 2.06. The van der Waals surface area contributed by atoms with E-state index in [1.807, 2.05) is 25.1 Å². The summed E-state index contributed by atoms with van der Waals surface area (Å²) in [7, 11) is 1.63. The third-order valence-corrected chi connectivity index (χ3v) is 2.37. The van der Waals surface area contributed by atoms with Gasteiger partial charge in [-0.3, -0.25) is 10.9 Å². The second kappa shape index (κ2) is 6.08. The number of nitrogens with zero attached hydrogens (tertiary/aromatic N) is 1. The monoisotopic (exact) mass is 251 g/mol. The first-order valence-electron chi connectivity index (χ1n) is 5.69. The Labute approximate surface area is 105 Å². The molecule has 1 saturated heterocycles. The van der Waals surface area contributed by atoms with E-state index in [0.29, 0.717) is 19.1 Å². The summed E-state index contributed by atoms with van der Waals surface area (Å²) in [6, 6.07) is 5.78. The topological polar surface area (TPSA) is 78.9 Å². The lowest BCUT2D eigenvalue weighted by Gasteiger charge is -2.10. The molecule has 0 atom stereocenters. The van der Waals surface area contributed by atoms with Gasteiger partial charge in [-0.15, -0.1) is 0 Å². The van der Waals surface area contributed by atoms with Crippen LogP contribution in [0.2, 0.25) is 0 Å². The Morgan fingerprint density at radius 2 is 1.94 bits per heavy atom. The van der Waals surface area contributed by atoms with Crippen molar-refractivity contribution in [3.8, 4) is 11.5 Å². The van der Waals surface area contributed by atoms with Crippen molar-refractivity contribution in [2.45, 2.75) is 13.5 Å². The number of rotatable bonds is 5. The molecule has 1 fully saturated rings. The third kappa shape index (κ3) is 3.02. The maximum Gasteiger partial charge on any atom is 0.223 e. The smallest absolute Gasteiger partial charge is 0.223 e. The molecule has 0 amide bonds. The number of ether oxygens (including phenoxy) is 2. The van der Waals surface area contributed by atoms with Crippen LogP contribution < -0.4 is 31.4 Å². The molecule has 4 N–H and O–H groups in total. The highest BCUT2D eigenvalue weighted by Gasteiger charge is 2.06. The van der Waals surface area contributed by atoms with E-state index >= 15 is 0 Å². The van der Waals surface area contributed by atoms with Crippen molar-refractivity contribution < 1.29 is 9.47 Å². The largest absolute Gasteiger partial charge is 0.493 e. The molecule has 1 aromatic carbocycles. The number of nitrogens with one attached hydrogen (secondary N) is 4. The standard InChI is InChI=1S/C11H17N5O2/c1-3-18-9-5-4-8(6-10(9)17-2)7-12-11-13-15-16-14-11/h4-6,15-16H,3,7H2,1-2H3,(H2,12,13,14). The van der Waals surface area contributed by atoms with E-state index < -0.39 is 0 Å². The normalized spacial score (nSPS) is 13.8. The summed E-state index contributed by atoms with van der Waals surface area (Å²) in [4.78, 5) is 4.32. The van der Waals surface area contributed by atoms with Gasteiger partial charge in [-0.25, -0.2) is 4.99 Å². The Morgan fingerprint density at radius 3 is 2.61 bits per heavy atom. The summed E-state index contributed by atoms with van der Waals surface area (Å²) < 4.78 is 10.7. The van der Waals surface area contributed by atoms with Gasteiger partial charge in [0, 0.05) is 0 Å². The zero-order chi connectivity index (χ0) is 12.8. The molecular formula is C11H17N5O2. The summed E-state index contributed by atoms with van der Waals surface area (Å²) in [6.45, 7) is 3.10. The first-order valence-corrected chi connectivity index (χ1v) is 5.69. The minimum Gasteiger partial charge on any atom is -0.493 e. The van der Waals surface area contributed by atoms with Crippen LogP contribution in [-0.2, 0) is 6.54 Å². The van der Waals surface area contributed by atoms with Crippen LogP contribution in [0, 0.1) is 0 Å². The van der Waals surface area contributed by atoms with Gasteiger partial charge in [0.15, 0.2) is 11.5 Å². The van der Waals surface area contributed by atoms with E-state index in [1.165, 1.54) is 0 Å². The molecule has 1 aromatic rings. The molecule has 18 heavy (non-hydrogen) atoms. The van der Waals surface area contributed by atoms with E-state index in [1.54, 1.807) is 7.11 Å². The van der Waals surface area contributed by atoms with E-state index in [-0.39, 0.29) is 0 Å². The number of guanidine groups is 1. The molecule has 0 spiro atoms. The van der Waals surface area contributed by atoms with Gasteiger partial charge in [0.25, 0.3) is 0 Å². The van der Waals surface area contributed by atoms with Crippen molar-refractivity contribution in [3.05, 3.63) is 23.8 Å². The number of methoxy groups -OCH3 is 1. The molecular weight excluding hydrogens is 234 g/mol. The summed E-state index contributed by atoms with van der Waals surface area (Å²) >= 11 is 0. The first-order chi connectivity index (χ1) is 8.83. The van der Waals surface area contributed by atoms with Crippen LogP contribution in [0.15, 0.2) is 23.2 Å². The number of aliphatic imine (C=N–C) groups is 1. The number of hydrogen-bond donors (Lipinski definition) is 4. The SMILES string of the molecule is CCOc1ccc(CN=C2NNNN2)cc1OC. The van der Waals surface area contributed by atoms with E-state index in [4.69, 9.17) is 9.47 Å². The minimum absolute atomic E-state index is 0.543. The van der Waals surface area contributed by atoms with Gasteiger partial charge in [0.2, 0.25) is 5.96 Å². The van der Waals surface area contributed by atoms with E-state index in [0.717, 1.165) is 17.1 Å². The van der Waals surface area contributed by atoms with Crippen molar-refractivity contribution in [2.75, 3.05) is 13.7 Å². The fourth-order valence-corrected chi connectivity index (χ4v) is 1.55. The molecule has 98 valence electrons. The minimum atomic E-state index is 0.543. The van der Waals surface area contributed by atoms with Gasteiger partial charge < -0.3 is 9.47 Å². The van der Waals surface area contributed by atoms with Crippen molar-refractivity contribution in [1.82, 2.24) is 21.9 Å². The molecule has 0 saturated carbocycles. The van der Waals surface area contributed by atoms with Crippen LogP contribution in [0.4, 0.5) is 0 Å². The van der Waals surface area contributed by atoms with Crippen LogP contribution in [0.5, 0.6) is 11.5 Å². The third-order valence-electron chi connectivity index (χ3n) is 2.37. The van der Waals surface area contributed by atoms with Gasteiger partial charge in [-0.05, 0) is 24.6 Å². The fourth-order valence-electron chi connectivity index (χ4n) is 1.55. The molecule has 1 aliphatic heterocycles. The van der Waals surface area contributed by atoms with E-state index in [2.05, 4.69) is 26.9 Å². The highest BCUT2D eigenvalue weighted by molar-refractivity contribution is 5.79. The molecule has 7 nitrogen and oxygen atoms in total. The average molecular weight is 251 g/mol. The van der Waals surface area contributed by atoms with E-state index in [9.17, 15) is 0 Å². The van der Waals surface area contributed by atoms with Crippen molar-refractivity contribution in [2.24, 2.45) is 4.99 Å². The Bertz CT molecular complexity index is 427. The molecule has 0 unspecified atom stereocenters. The molecule has 1 heterocycles. The number of benzene rings is 1. The number of hydrogen-bond acceptors (Lipinski definition) is 5. The first kappa shape index (κ1) is 12.5. The summed E-state index contributed by atoms with van der Waals surface area (Å²) in [5.74, 6) is 2.11. The summed E-state index contributed by atoms with van der Waals surface area (Å²) in [6.07, 6.45) is 0. The van der Waals surface area contributed by atoms with Crippen LogP contribution in [0.1, 0.15) is 12.5 Å². The molecule has 7 heteroatoms. The predicted molar refractivity (Wildman–Crippen MR) is 67.8 cm³/mol. The lowest BCUT2D eigenvalue weighted by atomic mass is 10.2. The van der Waals surface area contributed by atoms with Gasteiger partial charge in [-0.2, -0.15) is 11.1 Å². The van der Waals surface area contributed by atoms with Crippen molar-refractivity contribution >= 4 is 5.96 Å². The van der Waals surface area contributed by atoms with Gasteiger partial charge in [0.1, 0.15) is 0 Å². The molecule has 0 aliphatic carbocycles. The lowest BCUT2D eigenvalue weighted by molar-refractivity contribution is 0.310. The van der Waals surface area contributed by atoms with Crippen LogP contribution >= 0.6 is 0 Å². The Hall–Kier alpha value is -1.99. The second-order valence-electron chi connectivity index (χ2n) is 3.58. The molecule has 0 bridgehead atoms. The second-order valence-corrected chi connectivity index (χ2v) is 3.58. The van der Waals surface area contributed by atoms with Gasteiger partial charge >= 0.3 is 0 Å². The highest BCUT2D eigenvalue weighted by Crippen LogP contribution is 2.28. The maximum absolute atomic E-state index is 5.46. The van der Waals surface area contributed by atoms with Crippen LogP contribution in [0.3, 0.4) is 0 Å². The molecule has 1 aliphatic rings. The predicted octanol–water partition coefficient (Wildman–Crippen LogP) is 0.0669. The van der Waals surface area contributed by atoms with Crippen LogP contribution in [-0.4, -0.2) is 19.7 Å². The molecule has 2 rings (SSSR count). The van der Waals surface area contributed by atoms with Crippen LogP contribution in [0.25, 0.3) is 0 Å². The number of hydrazine groups is 3. The highest BCUT2D eigenvalue weighted by atomic mass is 16.5. The van der Waals surface area contributed by atoms with Gasteiger partial charge in [-0.1, -0.05) is 6.07 Å². The zero-order valence-corrected chi connectivity index (χ0v) is 10.4. The summed E-state index contributed by atoms with van der Waals surface area (Å²) in [5, 5.41) is 0. The van der Waals surface area contributed by atoms with Gasteiger partial charge in [0.05, 0.1) is 20.3 Å². The molecule has 0 radical (unpaired) electrons.